The Bertz CT molecular complexity index is 557. The van der Waals surface area contributed by atoms with E-state index in [9.17, 15) is 4.79 Å². The highest BCUT2D eigenvalue weighted by Gasteiger charge is 2.22. The molecule has 0 aliphatic carbocycles. The molecule has 0 radical (unpaired) electrons. The second kappa shape index (κ2) is 7.57. The molecule has 0 aliphatic rings. The van der Waals surface area contributed by atoms with E-state index in [0.29, 0.717) is 6.54 Å². The first-order valence-electron chi connectivity index (χ1n) is 6.78. The van der Waals surface area contributed by atoms with Gasteiger partial charge in [-0.2, -0.15) is 0 Å². The fraction of sp³-hybridized carbons (Fsp3) is 0.235. The van der Waals surface area contributed by atoms with Crippen LogP contribution >= 0.6 is 0 Å². The van der Waals surface area contributed by atoms with E-state index in [1.807, 2.05) is 60.7 Å². The van der Waals surface area contributed by atoms with E-state index in [4.69, 9.17) is 9.84 Å². The molecule has 2 rings (SSSR count). The predicted octanol–water partition coefficient (Wildman–Crippen LogP) is 2.92. The number of hydrogen-bond acceptors (Lipinski definition) is 3. The summed E-state index contributed by atoms with van der Waals surface area (Å²) in [6.45, 7) is 0.433. The van der Waals surface area contributed by atoms with Crippen molar-refractivity contribution < 1.29 is 14.6 Å². The van der Waals surface area contributed by atoms with Crippen LogP contribution in [0.1, 0.15) is 17.4 Å². The molecule has 4 nitrogen and oxygen atoms in total. The van der Waals surface area contributed by atoms with E-state index >= 15 is 0 Å². The van der Waals surface area contributed by atoms with Gasteiger partial charge in [-0.25, -0.2) is 0 Å². The van der Waals surface area contributed by atoms with Crippen molar-refractivity contribution >= 4 is 5.97 Å². The van der Waals surface area contributed by atoms with Crippen molar-refractivity contribution in [3.63, 3.8) is 0 Å². The first-order chi connectivity index (χ1) is 10.2. The molecule has 0 amide bonds. The summed E-state index contributed by atoms with van der Waals surface area (Å²) in [5.41, 5.74) is 1.99. The molecule has 0 aromatic heterocycles. The predicted molar refractivity (Wildman–Crippen MR) is 80.7 cm³/mol. The number of carbonyl (C=O) groups is 1. The third-order valence-corrected chi connectivity index (χ3v) is 3.21. The van der Waals surface area contributed by atoms with Crippen LogP contribution in [-0.4, -0.2) is 29.6 Å². The number of carboxylic acids is 1. The van der Waals surface area contributed by atoms with Gasteiger partial charge in [0.2, 0.25) is 0 Å². The molecule has 21 heavy (non-hydrogen) atoms. The molecule has 1 N–H and O–H groups in total. The topological polar surface area (TPSA) is 49.8 Å². The number of carboxylic acid groups (broad SMARTS) is 1. The van der Waals surface area contributed by atoms with Gasteiger partial charge in [0.1, 0.15) is 6.23 Å². The van der Waals surface area contributed by atoms with Crippen molar-refractivity contribution in [3.8, 4) is 0 Å². The lowest BCUT2D eigenvalue weighted by molar-refractivity contribution is -0.143. The quantitative estimate of drug-likeness (QED) is 0.795. The van der Waals surface area contributed by atoms with Crippen LogP contribution in [0.5, 0.6) is 0 Å². The molecule has 0 fully saturated rings. The Labute approximate surface area is 124 Å². The molecular formula is C17H19NO3. The van der Waals surface area contributed by atoms with Crippen molar-refractivity contribution in [1.82, 2.24) is 4.90 Å². The Morgan fingerprint density at radius 1 is 1.10 bits per heavy atom. The average molecular weight is 285 g/mol. The largest absolute Gasteiger partial charge is 0.480 e. The van der Waals surface area contributed by atoms with Crippen LogP contribution in [-0.2, 0) is 16.1 Å². The van der Waals surface area contributed by atoms with Gasteiger partial charge in [0.05, 0.1) is 6.54 Å². The number of hydrogen-bond donors (Lipinski definition) is 1. The number of rotatable bonds is 7. The average Bonchev–Trinajstić information content (AvgIpc) is 2.49. The monoisotopic (exact) mass is 285 g/mol. The van der Waals surface area contributed by atoms with Gasteiger partial charge in [0.25, 0.3) is 0 Å². The minimum Gasteiger partial charge on any atom is -0.480 e. The maximum atomic E-state index is 11.2. The van der Waals surface area contributed by atoms with Crippen LogP contribution in [0.3, 0.4) is 0 Å². The smallest absolute Gasteiger partial charge is 0.317 e. The standard InChI is InChI=1S/C17H19NO3/c1-21-17(15-10-6-3-7-11-15)18(13-16(19)20)12-14-8-4-2-5-9-14/h2-11,17H,12-13H2,1H3,(H,19,20). The summed E-state index contributed by atoms with van der Waals surface area (Å²) in [4.78, 5) is 13.0. The molecule has 110 valence electrons. The lowest BCUT2D eigenvalue weighted by atomic mass is 10.1. The van der Waals surface area contributed by atoms with Crippen molar-refractivity contribution in [2.75, 3.05) is 13.7 Å². The molecule has 2 aromatic rings. The van der Waals surface area contributed by atoms with Crippen LogP contribution < -0.4 is 0 Å². The van der Waals surface area contributed by atoms with Gasteiger partial charge in [0.15, 0.2) is 0 Å². The summed E-state index contributed by atoms with van der Waals surface area (Å²) >= 11 is 0. The van der Waals surface area contributed by atoms with Gasteiger partial charge in [-0.1, -0.05) is 60.7 Å². The Hall–Kier alpha value is -2.17. The van der Waals surface area contributed by atoms with E-state index < -0.39 is 5.97 Å². The van der Waals surface area contributed by atoms with Gasteiger partial charge in [-0.3, -0.25) is 9.69 Å². The van der Waals surface area contributed by atoms with Crippen molar-refractivity contribution in [3.05, 3.63) is 71.8 Å². The highest BCUT2D eigenvalue weighted by atomic mass is 16.5. The Kier molecular flexibility index (Phi) is 5.49. The molecule has 0 bridgehead atoms. The Morgan fingerprint density at radius 3 is 2.19 bits per heavy atom. The van der Waals surface area contributed by atoms with Gasteiger partial charge in [-0.05, 0) is 11.1 Å². The number of aliphatic carboxylic acids is 1. The fourth-order valence-corrected chi connectivity index (χ4v) is 2.33. The minimum absolute atomic E-state index is 0.0811. The van der Waals surface area contributed by atoms with Gasteiger partial charge < -0.3 is 9.84 Å². The van der Waals surface area contributed by atoms with Crippen LogP contribution in [0.4, 0.5) is 0 Å². The first kappa shape index (κ1) is 15.2. The van der Waals surface area contributed by atoms with E-state index in [1.54, 1.807) is 12.0 Å². The van der Waals surface area contributed by atoms with E-state index in [2.05, 4.69) is 0 Å². The van der Waals surface area contributed by atoms with Crippen LogP contribution in [0.25, 0.3) is 0 Å². The second-order valence-electron chi connectivity index (χ2n) is 4.78. The fourth-order valence-electron chi connectivity index (χ4n) is 2.33. The first-order valence-corrected chi connectivity index (χ1v) is 6.78. The zero-order valence-electron chi connectivity index (χ0n) is 12.0. The number of benzene rings is 2. The highest BCUT2D eigenvalue weighted by molar-refractivity contribution is 5.69. The number of methoxy groups -OCH3 is 1. The van der Waals surface area contributed by atoms with Crippen molar-refractivity contribution in [2.45, 2.75) is 12.8 Å². The molecule has 0 spiro atoms. The summed E-state index contributed by atoms with van der Waals surface area (Å²) < 4.78 is 5.53. The van der Waals surface area contributed by atoms with E-state index in [0.717, 1.165) is 11.1 Å². The SMILES string of the molecule is COC(c1ccccc1)N(CC(=O)O)Cc1ccccc1. The molecule has 0 saturated carbocycles. The molecular weight excluding hydrogens is 266 g/mol. The Balaban J connectivity index is 2.23. The van der Waals surface area contributed by atoms with Gasteiger partial charge in [0, 0.05) is 13.7 Å². The summed E-state index contributed by atoms with van der Waals surface area (Å²) in [5, 5.41) is 9.16. The molecule has 0 saturated heterocycles. The maximum Gasteiger partial charge on any atom is 0.317 e. The molecule has 0 heterocycles. The zero-order valence-corrected chi connectivity index (χ0v) is 12.0. The molecule has 1 unspecified atom stereocenters. The second-order valence-corrected chi connectivity index (χ2v) is 4.78. The van der Waals surface area contributed by atoms with Crippen molar-refractivity contribution in [2.24, 2.45) is 0 Å². The molecule has 2 aromatic carbocycles. The van der Waals surface area contributed by atoms with Gasteiger partial charge >= 0.3 is 5.97 Å². The number of nitrogens with zero attached hydrogens (tertiary/aromatic N) is 1. The highest BCUT2D eigenvalue weighted by Crippen LogP contribution is 2.23. The van der Waals surface area contributed by atoms with Crippen LogP contribution in [0.2, 0.25) is 0 Å². The summed E-state index contributed by atoms with van der Waals surface area (Å²) in [6.07, 6.45) is -0.387. The van der Waals surface area contributed by atoms with Gasteiger partial charge in [-0.15, -0.1) is 0 Å². The van der Waals surface area contributed by atoms with E-state index in [-0.39, 0.29) is 12.8 Å². The van der Waals surface area contributed by atoms with E-state index in [1.165, 1.54) is 0 Å². The molecule has 0 aliphatic heterocycles. The Morgan fingerprint density at radius 2 is 1.67 bits per heavy atom. The normalized spacial score (nSPS) is 12.3. The minimum atomic E-state index is -0.871. The lowest BCUT2D eigenvalue weighted by Gasteiger charge is -2.29. The summed E-state index contributed by atoms with van der Waals surface area (Å²) in [6, 6.07) is 19.4. The third kappa shape index (κ3) is 4.41. The maximum absolute atomic E-state index is 11.2. The number of ether oxygens (including phenoxy) is 1. The lowest BCUT2D eigenvalue weighted by Crippen LogP contribution is -2.34. The molecule has 1 atom stereocenters. The van der Waals surface area contributed by atoms with Crippen LogP contribution in [0.15, 0.2) is 60.7 Å². The molecule has 4 heteroatoms. The summed E-state index contributed by atoms with van der Waals surface area (Å²) in [7, 11) is 1.59. The summed E-state index contributed by atoms with van der Waals surface area (Å²) in [5.74, 6) is -0.871. The van der Waals surface area contributed by atoms with Crippen LogP contribution in [0, 0.1) is 0 Å². The third-order valence-electron chi connectivity index (χ3n) is 3.21. The zero-order chi connectivity index (χ0) is 15.1. The van der Waals surface area contributed by atoms with Crippen molar-refractivity contribution in [1.29, 1.82) is 0 Å².